The lowest BCUT2D eigenvalue weighted by Gasteiger charge is -2.05. The van der Waals surface area contributed by atoms with E-state index in [4.69, 9.17) is 34.0 Å². The predicted octanol–water partition coefficient (Wildman–Crippen LogP) is 2.20. The molecule has 0 fully saturated rings. The van der Waals surface area contributed by atoms with Gasteiger partial charge in [0.2, 0.25) is 0 Å². The first-order valence-electron chi connectivity index (χ1n) is 3.46. The van der Waals surface area contributed by atoms with E-state index in [-0.39, 0.29) is 17.1 Å². The number of anilines is 1. The van der Waals surface area contributed by atoms with Gasteiger partial charge in [0.05, 0.1) is 22.2 Å². The second kappa shape index (κ2) is 3.85. The molecule has 5 heteroatoms. The van der Waals surface area contributed by atoms with Crippen molar-refractivity contribution in [2.45, 2.75) is 6.42 Å². The van der Waals surface area contributed by atoms with Crippen LogP contribution in [0, 0.1) is 0 Å². The van der Waals surface area contributed by atoms with E-state index in [2.05, 4.69) is 0 Å². The number of carbonyl (C=O) groups is 1. The topological polar surface area (TPSA) is 63.3 Å². The third-order valence-corrected chi connectivity index (χ3v) is 2.38. The van der Waals surface area contributed by atoms with Gasteiger partial charge in [0.15, 0.2) is 0 Å². The van der Waals surface area contributed by atoms with Gasteiger partial charge in [-0.15, -0.1) is 0 Å². The summed E-state index contributed by atoms with van der Waals surface area (Å²) in [6.07, 6.45) is -0.150. The summed E-state index contributed by atoms with van der Waals surface area (Å²) >= 11 is 11.4. The zero-order valence-corrected chi connectivity index (χ0v) is 8.06. The number of carboxylic acids is 1. The minimum Gasteiger partial charge on any atom is -0.481 e. The predicted molar refractivity (Wildman–Crippen MR) is 52.2 cm³/mol. The number of nitrogen functional groups attached to an aromatic ring is 1. The molecular formula is C8H7Cl2NO2. The summed E-state index contributed by atoms with van der Waals surface area (Å²) in [6, 6.07) is 3.08. The van der Waals surface area contributed by atoms with Crippen LogP contribution in [0.2, 0.25) is 10.0 Å². The van der Waals surface area contributed by atoms with Crippen LogP contribution in [0.3, 0.4) is 0 Å². The Labute approximate surface area is 85.1 Å². The van der Waals surface area contributed by atoms with Gasteiger partial charge in [-0.1, -0.05) is 29.3 Å². The van der Waals surface area contributed by atoms with Crippen molar-refractivity contribution in [2.75, 3.05) is 5.73 Å². The molecular weight excluding hydrogens is 213 g/mol. The highest BCUT2D eigenvalue weighted by atomic mass is 35.5. The molecule has 0 saturated carbocycles. The molecule has 0 spiro atoms. The number of benzene rings is 1. The molecule has 1 aromatic rings. The zero-order valence-electron chi connectivity index (χ0n) is 6.55. The maximum Gasteiger partial charge on any atom is 0.307 e. The van der Waals surface area contributed by atoms with Crippen LogP contribution in [-0.4, -0.2) is 11.1 Å². The van der Waals surface area contributed by atoms with Crippen molar-refractivity contribution in [1.82, 2.24) is 0 Å². The summed E-state index contributed by atoms with van der Waals surface area (Å²) in [6.45, 7) is 0. The molecule has 0 unspecified atom stereocenters. The summed E-state index contributed by atoms with van der Waals surface area (Å²) in [5.41, 5.74) is 6.26. The van der Waals surface area contributed by atoms with E-state index in [0.29, 0.717) is 10.6 Å². The van der Waals surface area contributed by atoms with Crippen molar-refractivity contribution in [3.05, 3.63) is 27.7 Å². The van der Waals surface area contributed by atoms with Crippen molar-refractivity contribution in [3.63, 3.8) is 0 Å². The Morgan fingerprint density at radius 1 is 1.46 bits per heavy atom. The fraction of sp³-hybridized carbons (Fsp3) is 0.125. The van der Waals surface area contributed by atoms with E-state index in [1.165, 1.54) is 6.07 Å². The number of halogens is 2. The number of carboxylic acid groups (broad SMARTS) is 1. The molecule has 0 aromatic heterocycles. The quantitative estimate of drug-likeness (QED) is 0.751. The molecule has 0 radical (unpaired) electrons. The van der Waals surface area contributed by atoms with Gasteiger partial charge in [0.25, 0.3) is 0 Å². The van der Waals surface area contributed by atoms with E-state index in [0.717, 1.165) is 0 Å². The molecule has 3 nitrogen and oxygen atoms in total. The van der Waals surface area contributed by atoms with Gasteiger partial charge in [0.1, 0.15) is 0 Å². The van der Waals surface area contributed by atoms with Crippen LogP contribution in [0.1, 0.15) is 5.56 Å². The van der Waals surface area contributed by atoms with Crippen molar-refractivity contribution in [1.29, 1.82) is 0 Å². The van der Waals surface area contributed by atoms with E-state index in [1.807, 2.05) is 0 Å². The summed E-state index contributed by atoms with van der Waals surface area (Å²) in [5.74, 6) is -0.954. The molecule has 0 aliphatic rings. The van der Waals surface area contributed by atoms with Crippen LogP contribution >= 0.6 is 23.2 Å². The summed E-state index contributed by atoms with van der Waals surface area (Å²) in [4.78, 5) is 10.4. The molecule has 70 valence electrons. The first-order chi connectivity index (χ1) is 6.02. The SMILES string of the molecule is Nc1c(CC(=O)O)ccc(Cl)c1Cl. The maximum atomic E-state index is 10.4. The minimum atomic E-state index is -0.954. The van der Waals surface area contributed by atoms with Crippen LogP contribution < -0.4 is 5.73 Å². The van der Waals surface area contributed by atoms with E-state index < -0.39 is 5.97 Å². The monoisotopic (exact) mass is 219 g/mol. The minimum absolute atomic E-state index is 0.150. The Bertz CT molecular complexity index is 352. The highest BCUT2D eigenvalue weighted by Gasteiger charge is 2.09. The van der Waals surface area contributed by atoms with E-state index in [1.54, 1.807) is 6.07 Å². The lowest BCUT2D eigenvalue weighted by Crippen LogP contribution is -2.03. The fourth-order valence-electron chi connectivity index (χ4n) is 0.923. The third-order valence-electron chi connectivity index (χ3n) is 1.56. The van der Waals surface area contributed by atoms with Gasteiger partial charge in [0, 0.05) is 0 Å². The number of aliphatic carboxylic acids is 1. The highest BCUT2D eigenvalue weighted by molar-refractivity contribution is 6.43. The largest absolute Gasteiger partial charge is 0.481 e. The molecule has 0 saturated heterocycles. The van der Waals surface area contributed by atoms with Crippen LogP contribution in [0.25, 0.3) is 0 Å². The number of nitrogens with two attached hydrogens (primary N) is 1. The summed E-state index contributed by atoms with van der Waals surface area (Å²) in [7, 11) is 0. The molecule has 0 atom stereocenters. The van der Waals surface area contributed by atoms with Crippen molar-refractivity contribution >= 4 is 34.9 Å². The molecule has 0 bridgehead atoms. The summed E-state index contributed by atoms with van der Waals surface area (Å²) < 4.78 is 0. The van der Waals surface area contributed by atoms with Crippen LogP contribution in [-0.2, 0) is 11.2 Å². The number of hydrogen-bond donors (Lipinski definition) is 2. The smallest absolute Gasteiger partial charge is 0.307 e. The van der Waals surface area contributed by atoms with Gasteiger partial charge in [-0.3, -0.25) is 4.79 Å². The van der Waals surface area contributed by atoms with Gasteiger partial charge < -0.3 is 10.8 Å². The molecule has 0 aliphatic carbocycles. The van der Waals surface area contributed by atoms with Crippen LogP contribution in [0.5, 0.6) is 0 Å². The lowest BCUT2D eigenvalue weighted by molar-refractivity contribution is -0.136. The second-order valence-electron chi connectivity index (χ2n) is 2.50. The van der Waals surface area contributed by atoms with Gasteiger partial charge >= 0.3 is 5.97 Å². The molecule has 1 aromatic carbocycles. The maximum absolute atomic E-state index is 10.4. The standard InChI is InChI=1S/C8H7Cl2NO2/c9-5-2-1-4(3-6(12)13)8(11)7(5)10/h1-2H,3,11H2,(H,12,13). The molecule has 0 heterocycles. The number of hydrogen-bond acceptors (Lipinski definition) is 2. The third kappa shape index (κ3) is 2.26. The Hall–Kier alpha value is -0.930. The normalized spacial score (nSPS) is 10.0. The first kappa shape index (κ1) is 10.2. The van der Waals surface area contributed by atoms with Crippen LogP contribution in [0.15, 0.2) is 12.1 Å². The Morgan fingerprint density at radius 3 is 2.62 bits per heavy atom. The van der Waals surface area contributed by atoms with Gasteiger partial charge in [-0.05, 0) is 11.6 Å². The van der Waals surface area contributed by atoms with Gasteiger partial charge in [-0.25, -0.2) is 0 Å². The van der Waals surface area contributed by atoms with Crippen molar-refractivity contribution in [2.24, 2.45) is 0 Å². The average Bonchev–Trinajstić information content (AvgIpc) is 2.06. The second-order valence-corrected chi connectivity index (χ2v) is 3.29. The van der Waals surface area contributed by atoms with Crippen molar-refractivity contribution in [3.8, 4) is 0 Å². The molecule has 3 N–H and O–H groups in total. The van der Waals surface area contributed by atoms with Crippen LogP contribution in [0.4, 0.5) is 5.69 Å². The molecule has 1 rings (SSSR count). The van der Waals surface area contributed by atoms with E-state index in [9.17, 15) is 4.79 Å². The molecule has 13 heavy (non-hydrogen) atoms. The zero-order chi connectivity index (χ0) is 10.0. The Kier molecular flexibility index (Phi) is 3.01. The first-order valence-corrected chi connectivity index (χ1v) is 4.22. The highest BCUT2D eigenvalue weighted by Crippen LogP contribution is 2.30. The van der Waals surface area contributed by atoms with Gasteiger partial charge in [-0.2, -0.15) is 0 Å². The summed E-state index contributed by atoms with van der Waals surface area (Å²) in [5, 5.41) is 9.06. The fourth-order valence-corrected chi connectivity index (χ4v) is 1.27. The van der Waals surface area contributed by atoms with E-state index >= 15 is 0 Å². The Balaban J connectivity index is 3.10. The Morgan fingerprint density at radius 2 is 2.08 bits per heavy atom. The van der Waals surface area contributed by atoms with Crippen molar-refractivity contribution < 1.29 is 9.90 Å². The average molecular weight is 220 g/mol. The number of rotatable bonds is 2. The molecule has 0 aliphatic heterocycles. The lowest BCUT2D eigenvalue weighted by atomic mass is 10.1. The molecule has 0 amide bonds.